The minimum atomic E-state index is -1.34. The molecule has 0 unspecified atom stereocenters. The standard InChI is InChI=1S/C36H40Br2Cl2N2O6Si2/c1-49(2,3)15-13-45-33-25(19-43)17-29(37)35(41-33)47-21-23-9-7-11-27(31(23)39)28-12-8-10-24(32(28)40)22-48-36-30(38)18-26(20-44)34(42-36)46-14-16-50(4,5)6/h7-12,17-20H,13-16,21-22H2,1-6H3. The Morgan fingerprint density at radius 3 is 1.34 bits per heavy atom. The van der Waals surface area contributed by atoms with Crippen molar-refractivity contribution >= 4 is 83.8 Å². The van der Waals surface area contributed by atoms with Crippen LogP contribution in [0.1, 0.15) is 31.8 Å². The van der Waals surface area contributed by atoms with E-state index in [4.69, 9.17) is 42.1 Å². The summed E-state index contributed by atoms with van der Waals surface area (Å²) in [5, 5.41) is 0.933. The molecule has 266 valence electrons. The van der Waals surface area contributed by atoms with Crippen molar-refractivity contribution in [1.29, 1.82) is 0 Å². The van der Waals surface area contributed by atoms with Crippen LogP contribution in [0.25, 0.3) is 11.1 Å². The van der Waals surface area contributed by atoms with Crippen LogP contribution < -0.4 is 18.9 Å². The number of ether oxygens (including phenoxy) is 4. The Labute approximate surface area is 322 Å². The van der Waals surface area contributed by atoms with Gasteiger partial charge < -0.3 is 18.9 Å². The Bertz CT molecular complexity index is 1720. The maximum absolute atomic E-state index is 11.7. The van der Waals surface area contributed by atoms with Crippen LogP contribution in [0.2, 0.25) is 61.4 Å². The Kier molecular flexibility index (Phi) is 14.1. The molecule has 2 heterocycles. The van der Waals surface area contributed by atoms with Gasteiger partial charge in [0.2, 0.25) is 23.5 Å². The number of carbonyl (C=O) groups is 2. The Morgan fingerprint density at radius 1 is 0.620 bits per heavy atom. The number of halogens is 4. The van der Waals surface area contributed by atoms with E-state index in [-0.39, 0.29) is 36.7 Å². The predicted molar refractivity (Wildman–Crippen MR) is 213 cm³/mol. The summed E-state index contributed by atoms with van der Waals surface area (Å²) in [6.45, 7) is 14.7. The average Bonchev–Trinajstić information content (AvgIpc) is 3.04. The first-order valence-electron chi connectivity index (χ1n) is 16.0. The van der Waals surface area contributed by atoms with Gasteiger partial charge in [0.15, 0.2) is 12.6 Å². The van der Waals surface area contributed by atoms with Crippen molar-refractivity contribution in [3.63, 3.8) is 0 Å². The molecule has 0 saturated carbocycles. The van der Waals surface area contributed by atoms with Gasteiger partial charge in [0.25, 0.3) is 0 Å². The molecule has 0 aliphatic rings. The van der Waals surface area contributed by atoms with Crippen molar-refractivity contribution < 1.29 is 28.5 Å². The minimum absolute atomic E-state index is 0.103. The summed E-state index contributed by atoms with van der Waals surface area (Å²) in [7, 11) is -2.68. The van der Waals surface area contributed by atoms with E-state index in [1.807, 2.05) is 36.4 Å². The van der Waals surface area contributed by atoms with Gasteiger partial charge in [0.05, 0.1) is 43.3 Å². The Hall–Kier alpha value is -2.75. The quantitative estimate of drug-likeness (QED) is 0.0764. The van der Waals surface area contributed by atoms with Crippen molar-refractivity contribution in [1.82, 2.24) is 9.97 Å². The highest BCUT2D eigenvalue weighted by molar-refractivity contribution is 9.10. The molecule has 0 fully saturated rings. The number of hydrogen-bond acceptors (Lipinski definition) is 8. The molecule has 8 nitrogen and oxygen atoms in total. The van der Waals surface area contributed by atoms with E-state index in [0.29, 0.717) is 65.6 Å². The number of pyridine rings is 2. The number of aromatic nitrogens is 2. The average molecular weight is 884 g/mol. The molecular weight excluding hydrogens is 843 g/mol. The van der Waals surface area contributed by atoms with E-state index < -0.39 is 16.1 Å². The van der Waals surface area contributed by atoms with Gasteiger partial charge in [-0.3, -0.25) is 9.59 Å². The van der Waals surface area contributed by atoms with Gasteiger partial charge in [0, 0.05) is 38.4 Å². The van der Waals surface area contributed by atoms with Gasteiger partial charge in [-0.25, -0.2) is 0 Å². The summed E-state index contributed by atoms with van der Waals surface area (Å²) in [6, 6.07) is 16.4. The van der Waals surface area contributed by atoms with Gasteiger partial charge in [-0.2, -0.15) is 9.97 Å². The lowest BCUT2D eigenvalue weighted by molar-refractivity contribution is 0.111. The van der Waals surface area contributed by atoms with Crippen LogP contribution in [0.4, 0.5) is 0 Å². The van der Waals surface area contributed by atoms with Gasteiger partial charge in [0.1, 0.15) is 13.2 Å². The number of carbonyl (C=O) groups excluding carboxylic acids is 2. The van der Waals surface area contributed by atoms with Crippen LogP contribution >= 0.6 is 55.1 Å². The second-order valence-electron chi connectivity index (χ2n) is 14.0. The first-order valence-corrected chi connectivity index (χ1v) is 25.7. The maximum atomic E-state index is 11.7. The van der Waals surface area contributed by atoms with Crippen LogP contribution in [0, 0.1) is 0 Å². The molecule has 0 saturated heterocycles. The Balaban J connectivity index is 1.51. The van der Waals surface area contributed by atoms with Crippen LogP contribution in [0.15, 0.2) is 57.5 Å². The van der Waals surface area contributed by atoms with E-state index in [0.717, 1.165) is 24.7 Å². The number of hydrogen-bond donors (Lipinski definition) is 0. The van der Waals surface area contributed by atoms with E-state index in [1.165, 1.54) is 0 Å². The van der Waals surface area contributed by atoms with Crippen LogP contribution in [-0.4, -0.2) is 51.9 Å². The van der Waals surface area contributed by atoms with Gasteiger partial charge in [-0.1, -0.05) is 98.9 Å². The van der Waals surface area contributed by atoms with Gasteiger partial charge in [-0.05, 0) is 56.1 Å². The summed E-state index contributed by atoms with van der Waals surface area (Å²) >= 11 is 20.8. The normalized spacial score (nSPS) is 11.6. The molecule has 14 heteroatoms. The smallest absolute Gasteiger partial charge is 0.231 e. The first-order chi connectivity index (χ1) is 23.6. The zero-order valence-electron chi connectivity index (χ0n) is 28.9. The molecule has 2 aromatic carbocycles. The highest BCUT2D eigenvalue weighted by Crippen LogP contribution is 2.38. The maximum Gasteiger partial charge on any atom is 0.231 e. The summed E-state index contributed by atoms with van der Waals surface area (Å²) in [5.74, 6) is 1.02. The molecule has 0 N–H and O–H groups in total. The molecule has 0 bridgehead atoms. The third-order valence-corrected chi connectivity index (χ3v) is 12.9. The third kappa shape index (κ3) is 11.1. The molecule has 0 atom stereocenters. The first kappa shape index (κ1) is 40.0. The topological polar surface area (TPSA) is 96.8 Å². The highest BCUT2D eigenvalue weighted by atomic mass is 79.9. The predicted octanol–water partition coefficient (Wildman–Crippen LogP) is 11.2. The number of rotatable bonds is 17. The molecule has 4 rings (SSSR count). The number of nitrogens with zero attached hydrogens (tertiary/aromatic N) is 2. The lowest BCUT2D eigenvalue weighted by Crippen LogP contribution is -2.22. The summed E-state index contributed by atoms with van der Waals surface area (Å²) in [4.78, 5) is 32.4. The fraction of sp³-hybridized carbons (Fsp3) is 0.333. The molecule has 0 spiro atoms. The van der Waals surface area contributed by atoms with Crippen LogP contribution in [0.3, 0.4) is 0 Å². The van der Waals surface area contributed by atoms with Crippen LogP contribution in [0.5, 0.6) is 23.5 Å². The summed E-state index contributed by atoms with van der Waals surface area (Å²) in [5.41, 5.74) is 3.52. The van der Waals surface area contributed by atoms with Crippen molar-refractivity contribution in [2.24, 2.45) is 0 Å². The molecule has 0 radical (unpaired) electrons. The van der Waals surface area contributed by atoms with E-state index >= 15 is 0 Å². The minimum Gasteiger partial charge on any atom is -0.477 e. The largest absolute Gasteiger partial charge is 0.477 e. The molecule has 0 aliphatic heterocycles. The van der Waals surface area contributed by atoms with Gasteiger partial charge in [-0.15, -0.1) is 0 Å². The monoisotopic (exact) mass is 880 g/mol. The zero-order chi connectivity index (χ0) is 36.6. The van der Waals surface area contributed by atoms with E-state index in [9.17, 15) is 9.59 Å². The van der Waals surface area contributed by atoms with Crippen molar-refractivity contribution in [3.05, 3.63) is 89.8 Å². The molecule has 50 heavy (non-hydrogen) atoms. The second kappa shape index (κ2) is 17.7. The summed E-state index contributed by atoms with van der Waals surface area (Å²) in [6.07, 6.45) is 1.44. The molecule has 2 aromatic heterocycles. The van der Waals surface area contributed by atoms with Crippen molar-refractivity contribution in [2.75, 3.05) is 13.2 Å². The fourth-order valence-corrected chi connectivity index (χ4v) is 7.43. The highest BCUT2D eigenvalue weighted by Gasteiger charge is 2.20. The number of benzene rings is 2. The van der Waals surface area contributed by atoms with Gasteiger partial charge >= 0.3 is 0 Å². The van der Waals surface area contributed by atoms with Crippen LogP contribution in [-0.2, 0) is 13.2 Å². The molecule has 4 aromatic rings. The number of aldehydes is 2. The lowest BCUT2D eigenvalue weighted by Gasteiger charge is -2.17. The van der Waals surface area contributed by atoms with E-state index in [2.05, 4.69) is 81.1 Å². The fourth-order valence-electron chi connectivity index (χ4n) is 4.54. The SMILES string of the molecule is C[Si](C)(C)CCOc1nc(OCc2cccc(-c3cccc(COc4nc(OCC[Si](C)(C)C)c(C=O)cc4Br)c3Cl)c2Cl)c(Br)cc1C=O. The lowest BCUT2D eigenvalue weighted by atomic mass is 10.0. The van der Waals surface area contributed by atoms with Crippen molar-refractivity contribution in [2.45, 2.75) is 64.6 Å². The Morgan fingerprint density at radius 2 is 1.00 bits per heavy atom. The second-order valence-corrected chi connectivity index (χ2v) is 27.7. The molecule has 0 amide bonds. The summed E-state index contributed by atoms with van der Waals surface area (Å²) < 4.78 is 25.0. The zero-order valence-corrected chi connectivity index (χ0v) is 35.6. The molecular formula is C36H40Br2Cl2N2O6Si2. The van der Waals surface area contributed by atoms with Crippen molar-refractivity contribution in [3.8, 4) is 34.6 Å². The van der Waals surface area contributed by atoms with E-state index in [1.54, 1.807) is 12.1 Å². The third-order valence-electron chi connectivity index (χ3n) is 7.49. The molecule has 0 aliphatic carbocycles.